The van der Waals surface area contributed by atoms with Gasteiger partial charge in [-0.25, -0.2) is 4.98 Å². The number of thioether (sulfide) groups is 1. The van der Waals surface area contributed by atoms with Gasteiger partial charge in [0.25, 0.3) is 5.89 Å². The van der Waals surface area contributed by atoms with Gasteiger partial charge in [0.05, 0.1) is 5.25 Å². The van der Waals surface area contributed by atoms with Crippen LogP contribution in [0.4, 0.5) is 5.13 Å². The van der Waals surface area contributed by atoms with Gasteiger partial charge in [0, 0.05) is 5.38 Å². The van der Waals surface area contributed by atoms with E-state index < -0.39 is 0 Å². The van der Waals surface area contributed by atoms with E-state index in [1.54, 1.807) is 0 Å². The second-order valence-corrected chi connectivity index (χ2v) is 6.08. The molecule has 0 radical (unpaired) electrons. The van der Waals surface area contributed by atoms with E-state index in [0.29, 0.717) is 22.0 Å². The lowest BCUT2D eigenvalue weighted by atomic mass is 10.2. The van der Waals surface area contributed by atoms with Crippen molar-refractivity contribution in [1.29, 1.82) is 0 Å². The molecule has 0 aliphatic carbocycles. The Morgan fingerprint density at radius 3 is 3.00 bits per heavy atom. The van der Waals surface area contributed by atoms with Crippen LogP contribution >= 0.6 is 23.1 Å². The Balaban J connectivity index is 1.82. The lowest BCUT2D eigenvalue weighted by Crippen LogP contribution is -2.03. The summed E-state index contributed by atoms with van der Waals surface area (Å²) in [4.78, 5) is 8.54. The second kappa shape index (κ2) is 4.66. The van der Waals surface area contributed by atoms with Gasteiger partial charge < -0.3 is 10.3 Å². The van der Waals surface area contributed by atoms with Gasteiger partial charge in [-0.2, -0.15) is 16.7 Å². The molecule has 7 heteroatoms. The van der Waals surface area contributed by atoms with E-state index in [0.717, 1.165) is 12.2 Å². The molecule has 0 spiro atoms. The zero-order chi connectivity index (χ0) is 11.7. The number of aromatic nitrogens is 3. The average molecular weight is 268 g/mol. The van der Waals surface area contributed by atoms with Crippen molar-refractivity contribution in [3.05, 3.63) is 11.2 Å². The van der Waals surface area contributed by atoms with Crippen molar-refractivity contribution >= 4 is 28.2 Å². The highest BCUT2D eigenvalue weighted by molar-refractivity contribution is 7.99. The molecule has 2 aromatic rings. The standard InChI is InChI=1S/C10H12N4OS2/c11-10-12-6(5-17-10)9-13-8(14-15-9)7-3-1-2-4-16-7/h5,7H,1-4H2,(H2,11,12). The van der Waals surface area contributed by atoms with Gasteiger partial charge in [-0.1, -0.05) is 11.6 Å². The van der Waals surface area contributed by atoms with Crippen LogP contribution in [-0.4, -0.2) is 20.9 Å². The number of rotatable bonds is 2. The molecule has 3 rings (SSSR count). The summed E-state index contributed by atoms with van der Waals surface area (Å²) in [6.07, 6.45) is 3.66. The predicted octanol–water partition coefficient (Wildman–Crippen LogP) is 2.73. The van der Waals surface area contributed by atoms with E-state index in [1.807, 2.05) is 17.1 Å². The highest BCUT2D eigenvalue weighted by Gasteiger charge is 2.22. The van der Waals surface area contributed by atoms with E-state index in [2.05, 4.69) is 15.1 Å². The van der Waals surface area contributed by atoms with Crippen molar-refractivity contribution in [2.45, 2.75) is 24.5 Å². The van der Waals surface area contributed by atoms with Crippen molar-refractivity contribution in [3.63, 3.8) is 0 Å². The maximum atomic E-state index is 5.58. The van der Waals surface area contributed by atoms with Crippen molar-refractivity contribution < 1.29 is 4.52 Å². The molecular formula is C10H12N4OS2. The molecule has 1 atom stereocenters. The van der Waals surface area contributed by atoms with E-state index in [4.69, 9.17) is 10.3 Å². The van der Waals surface area contributed by atoms with Crippen molar-refractivity contribution in [2.75, 3.05) is 11.5 Å². The topological polar surface area (TPSA) is 77.8 Å². The van der Waals surface area contributed by atoms with Crippen LogP contribution in [0.15, 0.2) is 9.90 Å². The van der Waals surface area contributed by atoms with Crippen LogP contribution in [0.25, 0.3) is 11.6 Å². The molecular weight excluding hydrogens is 256 g/mol. The molecule has 5 nitrogen and oxygen atoms in total. The molecule has 0 bridgehead atoms. The van der Waals surface area contributed by atoms with Crippen LogP contribution in [0.1, 0.15) is 30.3 Å². The summed E-state index contributed by atoms with van der Waals surface area (Å²) in [6, 6.07) is 0. The van der Waals surface area contributed by atoms with Gasteiger partial charge in [-0.05, 0) is 18.6 Å². The van der Waals surface area contributed by atoms with E-state index in [-0.39, 0.29) is 0 Å². The number of hydrogen-bond acceptors (Lipinski definition) is 7. The molecule has 1 fully saturated rings. The summed E-state index contributed by atoms with van der Waals surface area (Å²) in [5, 5.41) is 6.77. The molecule has 1 aliphatic heterocycles. The molecule has 0 aromatic carbocycles. The Morgan fingerprint density at radius 1 is 1.35 bits per heavy atom. The molecule has 2 aromatic heterocycles. The first-order chi connectivity index (χ1) is 8.33. The number of anilines is 1. The minimum atomic E-state index is 0.372. The van der Waals surface area contributed by atoms with Crippen LogP contribution in [0.2, 0.25) is 0 Å². The first-order valence-corrected chi connectivity index (χ1v) is 7.42. The predicted molar refractivity (Wildman–Crippen MR) is 68.9 cm³/mol. The highest BCUT2D eigenvalue weighted by atomic mass is 32.2. The summed E-state index contributed by atoms with van der Waals surface area (Å²) < 4.78 is 5.23. The summed E-state index contributed by atoms with van der Waals surface area (Å²) in [7, 11) is 0. The molecule has 90 valence electrons. The molecule has 2 N–H and O–H groups in total. The third kappa shape index (κ3) is 2.30. The molecule has 3 heterocycles. The molecule has 1 aliphatic rings. The summed E-state index contributed by atoms with van der Waals surface area (Å²) in [5.74, 6) is 2.44. The fourth-order valence-corrected chi connectivity index (χ4v) is 3.57. The third-order valence-corrected chi connectivity index (χ3v) is 4.70. The van der Waals surface area contributed by atoms with Crippen molar-refractivity contribution in [3.8, 4) is 11.6 Å². The Hall–Kier alpha value is -1.08. The van der Waals surface area contributed by atoms with Gasteiger partial charge in [-0.15, -0.1) is 11.3 Å². The lowest BCUT2D eigenvalue weighted by molar-refractivity contribution is 0.419. The minimum Gasteiger partial charge on any atom is -0.375 e. The number of nitrogen functional groups attached to an aromatic ring is 1. The first-order valence-electron chi connectivity index (χ1n) is 5.49. The van der Waals surface area contributed by atoms with Gasteiger partial charge in [-0.3, -0.25) is 0 Å². The van der Waals surface area contributed by atoms with E-state index in [9.17, 15) is 0 Å². The van der Waals surface area contributed by atoms with Crippen molar-refractivity contribution in [1.82, 2.24) is 15.1 Å². The fourth-order valence-electron chi connectivity index (χ4n) is 1.80. The van der Waals surface area contributed by atoms with Crippen LogP contribution in [0.5, 0.6) is 0 Å². The van der Waals surface area contributed by atoms with Gasteiger partial charge in [0.2, 0.25) is 0 Å². The maximum Gasteiger partial charge on any atom is 0.277 e. The normalized spacial score (nSPS) is 20.6. The fraction of sp³-hybridized carbons (Fsp3) is 0.500. The van der Waals surface area contributed by atoms with Gasteiger partial charge >= 0.3 is 0 Å². The second-order valence-electron chi connectivity index (χ2n) is 3.88. The van der Waals surface area contributed by atoms with Crippen LogP contribution in [0, 0.1) is 0 Å². The van der Waals surface area contributed by atoms with Crippen molar-refractivity contribution in [2.24, 2.45) is 0 Å². The third-order valence-electron chi connectivity index (χ3n) is 2.65. The summed E-state index contributed by atoms with van der Waals surface area (Å²) >= 11 is 3.28. The highest BCUT2D eigenvalue weighted by Crippen LogP contribution is 2.37. The number of nitrogens with zero attached hydrogens (tertiary/aromatic N) is 3. The lowest BCUT2D eigenvalue weighted by Gasteiger charge is -2.17. The molecule has 0 amide bonds. The number of thiazole rings is 1. The van der Waals surface area contributed by atoms with Crippen LogP contribution in [-0.2, 0) is 0 Å². The van der Waals surface area contributed by atoms with Gasteiger partial charge in [0.15, 0.2) is 11.0 Å². The quantitative estimate of drug-likeness (QED) is 0.902. The Bertz CT molecular complexity index is 504. The molecule has 17 heavy (non-hydrogen) atoms. The van der Waals surface area contributed by atoms with Crippen LogP contribution in [0.3, 0.4) is 0 Å². The monoisotopic (exact) mass is 268 g/mol. The summed E-state index contributed by atoms with van der Waals surface area (Å²) in [5.41, 5.74) is 6.25. The zero-order valence-electron chi connectivity index (χ0n) is 9.13. The minimum absolute atomic E-state index is 0.372. The zero-order valence-corrected chi connectivity index (χ0v) is 10.8. The first kappa shape index (κ1) is 11.0. The summed E-state index contributed by atoms with van der Waals surface area (Å²) in [6.45, 7) is 0. The largest absolute Gasteiger partial charge is 0.375 e. The smallest absolute Gasteiger partial charge is 0.277 e. The van der Waals surface area contributed by atoms with Gasteiger partial charge in [0.1, 0.15) is 5.69 Å². The Kier molecular flexibility index (Phi) is 3.02. The molecule has 1 unspecified atom stereocenters. The number of hydrogen-bond donors (Lipinski definition) is 1. The Labute approximate surface area is 107 Å². The number of nitrogens with two attached hydrogens (primary N) is 1. The molecule has 0 saturated carbocycles. The molecule has 1 saturated heterocycles. The van der Waals surface area contributed by atoms with Crippen LogP contribution < -0.4 is 5.73 Å². The van der Waals surface area contributed by atoms with E-state index >= 15 is 0 Å². The Morgan fingerprint density at radius 2 is 2.29 bits per heavy atom. The SMILES string of the molecule is Nc1nc(-c2nc(C3CCCCS3)no2)cs1. The average Bonchev–Trinajstić information content (AvgIpc) is 2.98. The van der Waals surface area contributed by atoms with E-state index in [1.165, 1.54) is 29.9 Å². The maximum absolute atomic E-state index is 5.58.